The first-order valence-electron chi connectivity index (χ1n) is 5.32. The standard InChI is InChI=1S/C12H18N2O2/c1-8(2)10-6-4-5-7-11(10)16-9(3)12(15)14-13/h4-9H,13H2,1-3H3,(H,14,15)/t9-/m0/s1. The fourth-order valence-electron chi connectivity index (χ4n) is 1.43. The van der Waals surface area contributed by atoms with Crippen LogP contribution in [0.5, 0.6) is 5.75 Å². The number of hydrogen-bond donors (Lipinski definition) is 2. The lowest BCUT2D eigenvalue weighted by molar-refractivity contribution is -0.127. The highest BCUT2D eigenvalue weighted by Gasteiger charge is 2.15. The molecule has 0 bridgehead atoms. The van der Waals surface area contributed by atoms with Crippen LogP contribution in [0, 0.1) is 0 Å². The van der Waals surface area contributed by atoms with Crippen LogP contribution in [0.1, 0.15) is 32.3 Å². The van der Waals surface area contributed by atoms with Crippen molar-refractivity contribution in [1.29, 1.82) is 0 Å². The maximum absolute atomic E-state index is 11.2. The Morgan fingerprint density at radius 2 is 1.94 bits per heavy atom. The molecule has 3 N–H and O–H groups in total. The first-order chi connectivity index (χ1) is 7.56. The third kappa shape index (κ3) is 2.97. The van der Waals surface area contributed by atoms with Crippen molar-refractivity contribution in [2.24, 2.45) is 5.84 Å². The van der Waals surface area contributed by atoms with Gasteiger partial charge in [0.15, 0.2) is 6.10 Å². The van der Waals surface area contributed by atoms with E-state index in [1.807, 2.05) is 24.3 Å². The van der Waals surface area contributed by atoms with Crippen LogP contribution in [0.3, 0.4) is 0 Å². The van der Waals surface area contributed by atoms with Crippen molar-refractivity contribution < 1.29 is 9.53 Å². The largest absolute Gasteiger partial charge is 0.481 e. The number of para-hydroxylation sites is 1. The number of rotatable bonds is 4. The van der Waals surface area contributed by atoms with Gasteiger partial charge in [0.25, 0.3) is 5.91 Å². The zero-order valence-electron chi connectivity index (χ0n) is 9.86. The van der Waals surface area contributed by atoms with E-state index in [0.717, 1.165) is 11.3 Å². The Hall–Kier alpha value is -1.55. The third-order valence-electron chi connectivity index (χ3n) is 2.36. The quantitative estimate of drug-likeness (QED) is 0.461. The maximum atomic E-state index is 11.2. The summed E-state index contributed by atoms with van der Waals surface area (Å²) in [5.41, 5.74) is 3.15. The van der Waals surface area contributed by atoms with E-state index in [4.69, 9.17) is 10.6 Å². The molecule has 0 radical (unpaired) electrons. The van der Waals surface area contributed by atoms with Crippen molar-refractivity contribution in [3.63, 3.8) is 0 Å². The van der Waals surface area contributed by atoms with E-state index < -0.39 is 6.10 Å². The van der Waals surface area contributed by atoms with E-state index in [1.54, 1.807) is 6.92 Å². The monoisotopic (exact) mass is 222 g/mol. The summed E-state index contributed by atoms with van der Waals surface area (Å²) in [6.07, 6.45) is -0.593. The molecule has 0 aliphatic heterocycles. The van der Waals surface area contributed by atoms with Crippen LogP contribution < -0.4 is 16.0 Å². The summed E-state index contributed by atoms with van der Waals surface area (Å²) in [7, 11) is 0. The molecule has 0 aliphatic rings. The number of nitrogens with one attached hydrogen (secondary N) is 1. The zero-order chi connectivity index (χ0) is 12.1. The van der Waals surface area contributed by atoms with Crippen molar-refractivity contribution in [3.05, 3.63) is 29.8 Å². The topological polar surface area (TPSA) is 64.3 Å². The molecular formula is C12H18N2O2. The normalized spacial score (nSPS) is 12.3. The highest BCUT2D eigenvalue weighted by molar-refractivity contribution is 5.80. The molecule has 1 atom stereocenters. The average molecular weight is 222 g/mol. The number of amides is 1. The van der Waals surface area contributed by atoms with Gasteiger partial charge in [0.1, 0.15) is 5.75 Å². The van der Waals surface area contributed by atoms with Gasteiger partial charge in [-0.1, -0.05) is 32.0 Å². The van der Waals surface area contributed by atoms with Crippen molar-refractivity contribution >= 4 is 5.91 Å². The van der Waals surface area contributed by atoms with Gasteiger partial charge in [0, 0.05) is 0 Å². The molecule has 4 nitrogen and oxygen atoms in total. The smallest absolute Gasteiger partial charge is 0.274 e. The highest BCUT2D eigenvalue weighted by atomic mass is 16.5. The second kappa shape index (κ2) is 5.51. The van der Waals surface area contributed by atoms with E-state index in [0.29, 0.717) is 5.92 Å². The van der Waals surface area contributed by atoms with Crippen LogP contribution in [-0.4, -0.2) is 12.0 Å². The Labute approximate surface area is 95.8 Å². The summed E-state index contributed by atoms with van der Waals surface area (Å²) in [6.45, 7) is 5.82. The van der Waals surface area contributed by atoms with Crippen molar-refractivity contribution in [2.75, 3.05) is 0 Å². The minimum absolute atomic E-state index is 0.335. The molecule has 1 amide bonds. The molecule has 0 saturated heterocycles. The molecule has 0 fully saturated rings. The van der Waals surface area contributed by atoms with Crippen LogP contribution >= 0.6 is 0 Å². The Kier molecular flexibility index (Phi) is 4.31. The van der Waals surface area contributed by atoms with Gasteiger partial charge >= 0.3 is 0 Å². The number of hydrazine groups is 1. The first kappa shape index (κ1) is 12.5. The van der Waals surface area contributed by atoms with Crippen molar-refractivity contribution in [1.82, 2.24) is 5.43 Å². The number of benzene rings is 1. The summed E-state index contributed by atoms with van der Waals surface area (Å²) >= 11 is 0. The van der Waals surface area contributed by atoms with Gasteiger partial charge in [-0.2, -0.15) is 0 Å². The Balaban J connectivity index is 2.84. The minimum Gasteiger partial charge on any atom is -0.481 e. The van der Waals surface area contributed by atoms with Crippen LogP contribution in [0.15, 0.2) is 24.3 Å². The number of carbonyl (C=O) groups excluding carboxylic acids is 1. The number of hydrogen-bond acceptors (Lipinski definition) is 3. The van der Waals surface area contributed by atoms with Crippen LogP contribution in [0.25, 0.3) is 0 Å². The van der Waals surface area contributed by atoms with E-state index in [9.17, 15) is 4.79 Å². The molecule has 1 aromatic rings. The first-order valence-corrected chi connectivity index (χ1v) is 5.32. The fraction of sp³-hybridized carbons (Fsp3) is 0.417. The molecule has 1 rings (SSSR count). The van der Waals surface area contributed by atoms with E-state index >= 15 is 0 Å². The van der Waals surface area contributed by atoms with Crippen molar-refractivity contribution in [3.8, 4) is 5.75 Å². The van der Waals surface area contributed by atoms with Gasteiger partial charge < -0.3 is 4.74 Å². The molecule has 16 heavy (non-hydrogen) atoms. The van der Waals surface area contributed by atoms with Crippen LogP contribution in [0.4, 0.5) is 0 Å². The van der Waals surface area contributed by atoms with Gasteiger partial charge in [0.05, 0.1) is 0 Å². The Morgan fingerprint density at radius 1 is 1.31 bits per heavy atom. The Bertz CT molecular complexity index is 364. The molecule has 1 aromatic carbocycles. The Morgan fingerprint density at radius 3 is 2.50 bits per heavy atom. The molecule has 0 unspecified atom stereocenters. The second-order valence-electron chi connectivity index (χ2n) is 3.96. The summed E-state index contributed by atoms with van der Waals surface area (Å²) in [6, 6.07) is 7.69. The molecular weight excluding hydrogens is 204 g/mol. The van der Waals surface area contributed by atoms with Crippen molar-refractivity contribution in [2.45, 2.75) is 32.8 Å². The summed E-state index contributed by atoms with van der Waals surface area (Å²) in [4.78, 5) is 11.2. The van der Waals surface area contributed by atoms with Crippen LogP contribution in [-0.2, 0) is 4.79 Å². The average Bonchev–Trinajstić information content (AvgIpc) is 2.28. The lowest BCUT2D eigenvalue weighted by atomic mass is 10.0. The van der Waals surface area contributed by atoms with E-state index in [2.05, 4.69) is 19.3 Å². The predicted octanol–water partition coefficient (Wildman–Crippen LogP) is 1.57. The number of nitrogens with two attached hydrogens (primary N) is 1. The predicted molar refractivity (Wildman–Crippen MR) is 63.0 cm³/mol. The summed E-state index contributed by atoms with van der Waals surface area (Å²) in [5, 5.41) is 0. The van der Waals surface area contributed by atoms with E-state index in [1.165, 1.54) is 0 Å². The number of carbonyl (C=O) groups is 1. The van der Waals surface area contributed by atoms with Gasteiger partial charge in [-0.15, -0.1) is 0 Å². The minimum atomic E-state index is -0.593. The van der Waals surface area contributed by atoms with Gasteiger partial charge in [-0.05, 0) is 24.5 Å². The molecule has 0 heterocycles. The zero-order valence-corrected chi connectivity index (χ0v) is 9.86. The van der Waals surface area contributed by atoms with Crippen LogP contribution in [0.2, 0.25) is 0 Å². The highest BCUT2D eigenvalue weighted by Crippen LogP contribution is 2.26. The molecule has 0 saturated carbocycles. The molecule has 0 aromatic heterocycles. The van der Waals surface area contributed by atoms with Gasteiger partial charge in [-0.25, -0.2) is 5.84 Å². The maximum Gasteiger partial charge on any atom is 0.274 e. The van der Waals surface area contributed by atoms with Gasteiger partial charge in [-0.3, -0.25) is 10.2 Å². The molecule has 0 spiro atoms. The fourth-order valence-corrected chi connectivity index (χ4v) is 1.43. The number of ether oxygens (including phenoxy) is 1. The summed E-state index contributed by atoms with van der Waals surface area (Å²) < 4.78 is 5.57. The lowest BCUT2D eigenvalue weighted by Crippen LogP contribution is -2.40. The lowest BCUT2D eigenvalue weighted by Gasteiger charge is -2.17. The SMILES string of the molecule is CC(C)c1ccccc1O[C@@H](C)C(=O)NN. The van der Waals surface area contributed by atoms with Gasteiger partial charge in [0.2, 0.25) is 0 Å². The third-order valence-corrected chi connectivity index (χ3v) is 2.36. The molecule has 88 valence electrons. The molecule has 4 heteroatoms. The molecule has 0 aliphatic carbocycles. The summed E-state index contributed by atoms with van der Waals surface area (Å²) in [5.74, 6) is 5.79. The second-order valence-corrected chi connectivity index (χ2v) is 3.96. The van der Waals surface area contributed by atoms with E-state index in [-0.39, 0.29) is 5.91 Å².